The number of hydrogen-bond donors (Lipinski definition) is 1. The molecule has 8 heteroatoms. The van der Waals surface area contributed by atoms with Crippen LogP contribution < -0.4 is 10.9 Å². The molecule has 2 aromatic carbocycles. The molecule has 0 unspecified atom stereocenters. The monoisotopic (exact) mass is 455 g/mol. The zero-order chi connectivity index (χ0) is 21.3. The minimum atomic E-state index is -0.194. The minimum Gasteiger partial charge on any atom is -0.325 e. The number of nitrogens with one attached hydrogen (secondary N) is 1. The average molecular weight is 456 g/mol. The van der Waals surface area contributed by atoms with Crippen molar-refractivity contribution in [1.29, 1.82) is 0 Å². The molecule has 0 aliphatic rings. The molecule has 0 aliphatic heterocycles. The van der Waals surface area contributed by atoms with Crippen molar-refractivity contribution in [2.45, 2.75) is 19.0 Å². The molecule has 4 aromatic rings. The van der Waals surface area contributed by atoms with Crippen LogP contribution in [0.1, 0.15) is 11.1 Å². The second-order valence-electron chi connectivity index (χ2n) is 6.78. The van der Waals surface area contributed by atoms with Gasteiger partial charge >= 0.3 is 0 Å². The number of hydrogen-bond acceptors (Lipinski definition) is 5. The largest absolute Gasteiger partial charge is 0.325 e. The fourth-order valence-corrected chi connectivity index (χ4v) is 4.89. The summed E-state index contributed by atoms with van der Waals surface area (Å²) in [6.07, 6.45) is 0. The predicted molar refractivity (Wildman–Crippen MR) is 125 cm³/mol. The summed E-state index contributed by atoms with van der Waals surface area (Å²) in [5.41, 5.74) is 3.88. The van der Waals surface area contributed by atoms with E-state index >= 15 is 0 Å². The molecule has 30 heavy (non-hydrogen) atoms. The van der Waals surface area contributed by atoms with Gasteiger partial charge in [0.25, 0.3) is 5.56 Å². The molecule has 0 saturated heterocycles. The molecular weight excluding hydrogens is 438 g/mol. The van der Waals surface area contributed by atoms with Gasteiger partial charge in [-0.2, -0.15) is 0 Å². The molecule has 5 nitrogen and oxygen atoms in total. The smallest absolute Gasteiger partial charge is 0.276 e. The van der Waals surface area contributed by atoms with Crippen molar-refractivity contribution in [2.75, 3.05) is 11.1 Å². The zero-order valence-corrected chi connectivity index (χ0v) is 18.7. The van der Waals surface area contributed by atoms with Crippen LogP contribution in [0.2, 0.25) is 5.02 Å². The van der Waals surface area contributed by atoms with Crippen molar-refractivity contribution in [3.63, 3.8) is 0 Å². The highest BCUT2D eigenvalue weighted by atomic mass is 35.5. The second-order valence-corrected chi connectivity index (χ2v) is 9.04. The molecule has 0 bridgehead atoms. The molecule has 0 spiro atoms. The Bertz CT molecular complexity index is 1310. The summed E-state index contributed by atoms with van der Waals surface area (Å²) in [6, 6.07) is 14.8. The second kappa shape index (κ2) is 8.63. The predicted octanol–water partition coefficient (Wildman–Crippen LogP) is 5.45. The Morgan fingerprint density at radius 3 is 2.77 bits per heavy atom. The van der Waals surface area contributed by atoms with Crippen LogP contribution in [0.3, 0.4) is 0 Å². The van der Waals surface area contributed by atoms with E-state index in [0.29, 0.717) is 26.1 Å². The maximum Gasteiger partial charge on any atom is 0.276 e. The van der Waals surface area contributed by atoms with Crippen LogP contribution in [0.4, 0.5) is 5.69 Å². The number of thioether (sulfide) groups is 1. The van der Waals surface area contributed by atoms with E-state index in [1.165, 1.54) is 27.7 Å². The summed E-state index contributed by atoms with van der Waals surface area (Å²) in [7, 11) is 0. The van der Waals surface area contributed by atoms with Gasteiger partial charge in [-0.1, -0.05) is 53.2 Å². The van der Waals surface area contributed by atoms with Crippen LogP contribution >= 0.6 is 34.7 Å². The highest BCUT2D eigenvalue weighted by Crippen LogP contribution is 2.27. The van der Waals surface area contributed by atoms with E-state index < -0.39 is 0 Å². The van der Waals surface area contributed by atoms with Crippen molar-refractivity contribution in [2.24, 2.45) is 0 Å². The molecule has 1 amide bonds. The summed E-state index contributed by atoms with van der Waals surface area (Å²) in [5, 5.41) is 5.63. The lowest BCUT2D eigenvalue weighted by Crippen LogP contribution is -2.22. The molecule has 2 aromatic heterocycles. The third-order valence-corrected chi connectivity index (χ3v) is 6.68. The number of fused-ring (bicyclic) bond motifs is 1. The fourth-order valence-electron chi connectivity index (χ4n) is 3.10. The van der Waals surface area contributed by atoms with Gasteiger partial charge in [0.2, 0.25) is 5.91 Å². The van der Waals surface area contributed by atoms with Crippen LogP contribution in [0, 0.1) is 13.8 Å². The van der Waals surface area contributed by atoms with Crippen LogP contribution in [0.25, 0.3) is 15.9 Å². The van der Waals surface area contributed by atoms with Gasteiger partial charge in [-0.15, -0.1) is 11.3 Å². The van der Waals surface area contributed by atoms with Gasteiger partial charge < -0.3 is 5.32 Å². The molecule has 0 aliphatic carbocycles. The van der Waals surface area contributed by atoms with E-state index in [1.54, 1.807) is 24.3 Å². The lowest BCUT2D eigenvalue weighted by molar-refractivity contribution is -0.113. The Morgan fingerprint density at radius 2 is 2.00 bits per heavy atom. The highest BCUT2D eigenvalue weighted by Gasteiger charge is 2.17. The van der Waals surface area contributed by atoms with Gasteiger partial charge in [0.15, 0.2) is 5.16 Å². The Kier molecular flexibility index (Phi) is 5.94. The van der Waals surface area contributed by atoms with Gasteiger partial charge in [-0.3, -0.25) is 14.2 Å². The van der Waals surface area contributed by atoms with E-state index in [9.17, 15) is 9.59 Å². The van der Waals surface area contributed by atoms with Crippen molar-refractivity contribution >= 4 is 56.5 Å². The Balaban J connectivity index is 1.65. The lowest BCUT2D eigenvalue weighted by Gasteiger charge is -2.13. The number of anilines is 1. The van der Waals surface area contributed by atoms with Crippen LogP contribution in [0.5, 0.6) is 0 Å². The third-order valence-electron chi connectivity index (χ3n) is 4.53. The third kappa shape index (κ3) is 4.14. The molecule has 0 radical (unpaired) electrons. The molecule has 1 N–H and O–H groups in total. The molecule has 0 atom stereocenters. The first-order chi connectivity index (χ1) is 14.4. The van der Waals surface area contributed by atoms with E-state index in [1.807, 2.05) is 43.5 Å². The number of para-hydroxylation sites is 1. The quantitative estimate of drug-likeness (QED) is 0.321. The Hall–Kier alpha value is -2.61. The number of rotatable bonds is 5. The molecule has 2 heterocycles. The summed E-state index contributed by atoms with van der Waals surface area (Å²) in [5.74, 6) is -0.0582. The van der Waals surface area contributed by atoms with E-state index in [4.69, 9.17) is 11.6 Å². The van der Waals surface area contributed by atoms with Gasteiger partial charge in [0.1, 0.15) is 4.70 Å². The van der Waals surface area contributed by atoms with E-state index in [2.05, 4.69) is 10.3 Å². The standard InChI is InChI=1S/C22H18ClN3O2S2/c1-13-7-8-16(14(2)11-13)24-19(27)12-30-22-25-17-9-10-29-20(17)21(28)26(22)18-6-4-3-5-15(18)23/h3-11H,12H2,1-2H3,(H,24,27). The number of aromatic nitrogens is 2. The normalized spacial score (nSPS) is 11.0. The summed E-state index contributed by atoms with van der Waals surface area (Å²) < 4.78 is 2.04. The molecular formula is C22H18ClN3O2S2. The van der Waals surface area contributed by atoms with Gasteiger partial charge in [0.05, 0.1) is 22.0 Å². The lowest BCUT2D eigenvalue weighted by atomic mass is 10.1. The minimum absolute atomic E-state index is 0.111. The highest BCUT2D eigenvalue weighted by molar-refractivity contribution is 7.99. The number of nitrogens with zero attached hydrogens (tertiary/aromatic N) is 2. The Labute approximate surface area is 186 Å². The zero-order valence-electron chi connectivity index (χ0n) is 16.3. The summed E-state index contributed by atoms with van der Waals surface area (Å²) >= 11 is 8.90. The number of carbonyl (C=O) groups excluding carboxylic acids is 1. The number of carbonyl (C=O) groups is 1. The number of aryl methyl sites for hydroxylation is 2. The first-order valence-corrected chi connectivity index (χ1v) is 11.4. The number of benzene rings is 2. The van der Waals surface area contributed by atoms with Crippen LogP contribution in [-0.4, -0.2) is 21.2 Å². The van der Waals surface area contributed by atoms with Crippen molar-refractivity contribution in [1.82, 2.24) is 9.55 Å². The topological polar surface area (TPSA) is 64.0 Å². The summed E-state index contributed by atoms with van der Waals surface area (Å²) in [4.78, 5) is 30.3. The molecule has 0 fully saturated rings. The summed E-state index contributed by atoms with van der Waals surface area (Å²) in [6.45, 7) is 3.96. The maximum absolute atomic E-state index is 13.1. The van der Waals surface area contributed by atoms with Crippen molar-refractivity contribution in [3.8, 4) is 5.69 Å². The molecule has 0 saturated carbocycles. The first kappa shape index (κ1) is 20.7. The van der Waals surface area contributed by atoms with Gasteiger partial charge in [-0.25, -0.2) is 4.98 Å². The number of halogens is 1. The SMILES string of the molecule is Cc1ccc(NC(=O)CSc2nc3ccsc3c(=O)n2-c2ccccc2Cl)c(C)c1. The number of thiophene rings is 1. The van der Waals surface area contributed by atoms with Crippen LogP contribution in [0.15, 0.2) is 63.9 Å². The molecule has 4 rings (SSSR count). The van der Waals surface area contributed by atoms with E-state index in [-0.39, 0.29) is 17.2 Å². The van der Waals surface area contributed by atoms with Crippen molar-refractivity contribution < 1.29 is 4.79 Å². The van der Waals surface area contributed by atoms with Gasteiger partial charge in [0, 0.05) is 5.69 Å². The average Bonchev–Trinajstić information content (AvgIpc) is 3.18. The number of amides is 1. The van der Waals surface area contributed by atoms with Gasteiger partial charge in [-0.05, 0) is 49.1 Å². The van der Waals surface area contributed by atoms with Crippen molar-refractivity contribution in [3.05, 3.63) is 80.4 Å². The Morgan fingerprint density at radius 1 is 1.20 bits per heavy atom. The van der Waals surface area contributed by atoms with E-state index in [0.717, 1.165) is 16.8 Å². The fraction of sp³-hybridized carbons (Fsp3) is 0.136. The molecule has 152 valence electrons. The first-order valence-electron chi connectivity index (χ1n) is 9.19. The maximum atomic E-state index is 13.1. The van der Waals surface area contributed by atoms with Crippen LogP contribution in [-0.2, 0) is 4.79 Å².